The van der Waals surface area contributed by atoms with Crippen LogP contribution in [0.1, 0.15) is 58.3 Å². The smallest absolute Gasteiger partial charge is 0.320 e. The van der Waals surface area contributed by atoms with Gasteiger partial charge in [0, 0.05) is 0 Å². The number of rotatable bonds is 5. The normalized spacial score (nSPS) is 28.4. The summed E-state index contributed by atoms with van der Waals surface area (Å²) in [5.41, 5.74) is 5.56. The van der Waals surface area contributed by atoms with E-state index >= 15 is 0 Å². The third-order valence-corrected chi connectivity index (χ3v) is 4.01. The lowest BCUT2D eigenvalue weighted by atomic mass is 9.82. The Hall–Kier alpha value is -0.570. The Balaban J connectivity index is 2.39. The summed E-state index contributed by atoms with van der Waals surface area (Å²) in [6.07, 6.45) is 9.45. The number of nitrogens with two attached hydrogens (primary N) is 1. The molecule has 16 heavy (non-hydrogen) atoms. The zero-order valence-electron chi connectivity index (χ0n) is 10.3. The van der Waals surface area contributed by atoms with Crippen molar-refractivity contribution < 1.29 is 9.90 Å². The second-order valence-electron chi connectivity index (χ2n) is 5.09. The highest BCUT2D eigenvalue weighted by atomic mass is 16.4. The van der Waals surface area contributed by atoms with E-state index in [0.29, 0.717) is 12.3 Å². The Morgan fingerprint density at radius 3 is 2.50 bits per heavy atom. The van der Waals surface area contributed by atoms with Crippen LogP contribution >= 0.6 is 0 Å². The van der Waals surface area contributed by atoms with E-state index in [-0.39, 0.29) is 0 Å². The van der Waals surface area contributed by atoms with Gasteiger partial charge in [-0.3, -0.25) is 4.79 Å². The summed E-state index contributed by atoms with van der Waals surface area (Å²) >= 11 is 0. The molecule has 0 saturated heterocycles. The monoisotopic (exact) mass is 227 g/mol. The van der Waals surface area contributed by atoms with Gasteiger partial charge in [-0.15, -0.1) is 0 Å². The van der Waals surface area contributed by atoms with Crippen LogP contribution in [0.2, 0.25) is 0 Å². The summed E-state index contributed by atoms with van der Waals surface area (Å²) in [4.78, 5) is 10.7. The van der Waals surface area contributed by atoms with Crippen LogP contribution in [0.15, 0.2) is 0 Å². The highest BCUT2D eigenvalue weighted by Gasteiger charge is 2.23. The first-order valence-electron chi connectivity index (χ1n) is 6.63. The fraction of sp³-hybridized carbons (Fsp3) is 0.923. The van der Waals surface area contributed by atoms with Crippen molar-refractivity contribution >= 4 is 5.97 Å². The molecule has 0 aromatic rings. The summed E-state index contributed by atoms with van der Waals surface area (Å²) in [7, 11) is 0. The van der Waals surface area contributed by atoms with Crippen LogP contribution in [0.3, 0.4) is 0 Å². The average Bonchev–Trinajstić information content (AvgIpc) is 2.50. The van der Waals surface area contributed by atoms with Crippen LogP contribution in [0, 0.1) is 11.8 Å². The van der Waals surface area contributed by atoms with Crippen molar-refractivity contribution in [2.75, 3.05) is 0 Å². The van der Waals surface area contributed by atoms with E-state index in [0.717, 1.165) is 12.3 Å². The van der Waals surface area contributed by atoms with Crippen molar-refractivity contribution in [1.29, 1.82) is 0 Å². The molecule has 2 unspecified atom stereocenters. The Morgan fingerprint density at radius 1 is 1.31 bits per heavy atom. The number of aliphatic carboxylic acids is 1. The van der Waals surface area contributed by atoms with E-state index in [1.807, 2.05) is 0 Å². The number of carboxylic acids is 1. The van der Waals surface area contributed by atoms with Crippen LogP contribution in [-0.4, -0.2) is 17.1 Å². The Morgan fingerprint density at radius 2 is 1.94 bits per heavy atom. The van der Waals surface area contributed by atoms with Gasteiger partial charge in [-0.05, 0) is 24.7 Å². The standard InChI is InChI=1S/C13H25NO2/c1-2-10-6-4-3-5-7-11(10)8-9-12(14)13(15)16/h10-12H,2-9,14H2,1H3,(H,15,16)/t10?,11?,12-/m0/s1. The maximum Gasteiger partial charge on any atom is 0.320 e. The lowest BCUT2D eigenvalue weighted by Gasteiger charge is -2.24. The molecular weight excluding hydrogens is 202 g/mol. The molecule has 94 valence electrons. The summed E-state index contributed by atoms with van der Waals surface area (Å²) in [6.45, 7) is 2.25. The van der Waals surface area contributed by atoms with E-state index in [1.54, 1.807) is 0 Å². The molecule has 0 bridgehead atoms. The molecule has 3 N–H and O–H groups in total. The first kappa shape index (κ1) is 13.5. The van der Waals surface area contributed by atoms with Crippen LogP contribution in [0.4, 0.5) is 0 Å². The van der Waals surface area contributed by atoms with E-state index in [9.17, 15) is 4.79 Å². The third-order valence-electron chi connectivity index (χ3n) is 4.01. The summed E-state index contributed by atoms with van der Waals surface area (Å²) < 4.78 is 0. The predicted octanol–water partition coefficient (Wildman–Crippen LogP) is 2.79. The lowest BCUT2D eigenvalue weighted by molar-refractivity contribution is -0.138. The van der Waals surface area contributed by atoms with Crippen LogP contribution < -0.4 is 5.73 Å². The van der Waals surface area contributed by atoms with Crippen molar-refractivity contribution in [2.24, 2.45) is 17.6 Å². The molecular formula is C13H25NO2. The summed E-state index contributed by atoms with van der Waals surface area (Å²) in [5.74, 6) is 0.642. The molecule has 1 aliphatic carbocycles. The van der Waals surface area contributed by atoms with Crippen molar-refractivity contribution in [2.45, 2.75) is 64.3 Å². The number of carbonyl (C=O) groups is 1. The van der Waals surface area contributed by atoms with Crippen molar-refractivity contribution in [3.8, 4) is 0 Å². The van der Waals surface area contributed by atoms with Gasteiger partial charge in [-0.25, -0.2) is 0 Å². The number of hydrogen-bond acceptors (Lipinski definition) is 2. The quantitative estimate of drug-likeness (QED) is 0.710. The van der Waals surface area contributed by atoms with Gasteiger partial charge in [0.25, 0.3) is 0 Å². The Labute approximate surface area is 98.4 Å². The number of hydrogen-bond donors (Lipinski definition) is 2. The highest BCUT2D eigenvalue weighted by Crippen LogP contribution is 2.34. The van der Waals surface area contributed by atoms with E-state index in [1.165, 1.54) is 38.5 Å². The van der Waals surface area contributed by atoms with Crippen molar-refractivity contribution in [3.05, 3.63) is 0 Å². The molecule has 0 heterocycles. The van der Waals surface area contributed by atoms with Gasteiger partial charge in [0.2, 0.25) is 0 Å². The fourth-order valence-corrected chi connectivity index (χ4v) is 2.90. The van der Waals surface area contributed by atoms with Gasteiger partial charge >= 0.3 is 5.97 Å². The van der Waals surface area contributed by atoms with Gasteiger partial charge < -0.3 is 10.8 Å². The molecule has 0 amide bonds. The fourth-order valence-electron chi connectivity index (χ4n) is 2.90. The minimum atomic E-state index is -0.860. The minimum Gasteiger partial charge on any atom is -0.480 e. The third kappa shape index (κ3) is 4.12. The molecule has 0 aromatic heterocycles. The lowest BCUT2D eigenvalue weighted by Crippen LogP contribution is -2.31. The van der Waals surface area contributed by atoms with Crippen molar-refractivity contribution in [1.82, 2.24) is 0 Å². The SMILES string of the molecule is CCC1CCCCCC1CC[C@H](N)C(=O)O. The van der Waals surface area contributed by atoms with Crippen LogP contribution in [0.25, 0.3) is 0 Å². The molecule has 0 radical (unpaired) electrons. The Kier molecular flexibility index (Phi) is 5.81. The second kappa shape index (κ2) is 6.89. The molecule has 1 rings (SSSR count). The zero-order valence-corrected chi connectivity index (χ0v) is 10.3. The first-order valence-corrected chi connectivity index (χ1v) is 6.63. The highest BCUT2D eigenvalue weighted by molar-refractivity contribution is 5.72. The van der Waals surface area contributed by atoms with Gasteiger partial charge in [-0.2, -0.15) is 0 Å². The molecule has 1 aliphatic rings. The maximum atomic E-state index is 10.7. The molecule has 3 heteroatoms. The topological polar surface area (TPSA) is 63.3 Å². The molecule has 0 spiro atoms. The molecule has 1 saturated carbocycles. The number of carboxylic acid groups (broad SMARTS) is 1. The molecule has 0 aromatic carbocycles. The summed E-state index contributed by atoms with van der Waals surface area (Å²) in [5, 5.41) is 8.77. The van der Waals surface area contributed by atoms with Gasteiger partial charge in [0.15, 0.2) is 0 Å². The van der Waals surface area contributed by atoms with Gasteiger partial charge in [0.05, 0.1) is 0 Å². The van der Waals surface area contributed by atoms with Gasteiger partial charge in [0.1, 0.15) is 6.04 Å². The molecule has 1 fully saturated rings. The van der Waals surface area contributed by atoms with Gasteiger partial charge in [-0.1, -0.05) is 45.4 Å². The average molecular weight is 227 g/mol. The minimum absolute atomic E-state index is 0.635. The van der Waals surface area contributed by atoms with E-state index in [2.05, 4.69) is 6.92 Å². The largest absolute Gasteiger partial charge is 0.480 e. The van der Waals surface area contributed by atoms with E-state index in [4.69, 9.17) is 10.8 Å². The molecule has 0 aliphatic heterocycles. The van der Waals surface area contributed by atoms with E-state index < -0.39 is 12.0 Å². The van der Waals surface area contributed by atoms with Crippen LogP contribution in [-0.2, 0) is 4.79 Å². The first-order chi connectivity index (χ1) is 7.65. The van der Waals surface area contributed by atoms with Crippen molar-refractivity contribution in [3.63, 3.8) is 0 Å². The predicted molar refractivity (Wildman–Crippen MR) is 65.2 cm³/mol. The zero-order chi connectivity index (χ0) is 12.0. The molecule has 3 atom stereocenters. The summed E-state index contributed by atoms with van der Waals surface area (Å²) in [6, 6.07) is -0.666. The molecule has 3 nitrogen and oxygen atoms in total. The Bertz CT molecular complexity index is 218. The maximum absolute atomic E-state index is 10.7. The second-order valence-corrected chi connectivity index (χ2v) is 5.09. The van der Waals surface area contributed by atoms with Crippen LogP contribution in [0.5, 0.6) is 0 Å².